The van der Waals surface area contributed by atoms with Crippen LogP contribution in [0.2, 0.25) is 0 Å². The summed E-state index contributed by atoms with van der Waals surface area (Å²) >= 11 is 0. The molecule has 1 aliphatic carbocycles. The molecule has 1 aliphatic rings. The van der Waals surface area contributed by atoms with Gasteiger partial charge in [-0.25, -0.2) is 0 Å². The molecule has 0 aliphatic heterocycles. The first-order chi connectivity index (χ1) is 6.02. The van der Waals surface area contributed by atoms with Crippen molar-refractivity contribution in [3.8, 4) is 0 Å². The highest BCUT2D eigenvalue weighted by atomic mass is 16.3. The third kappa shape index (κ3) is 2.23. The van der Waals surface area contributed by atoms with Crippen molar-refractivity contribution in [3.63, 3.8) is 0 Å². The van der Waals surface area contributed by atoms with E-state index in [2.05, 4.69) is 26.1 Å². The van der Waals surface area contributed by atoms with Gasteiger partial charge in [-0.05, 0) is 24.8 Å². The number of hydrogen-bond acceptors (Lipinski definition) is 2. The lowest BCUT2D eigenvalue weighted by Gasteiger charge is -2.46. The molecular weight excluding hydrogens is 162 g/mol. The fraction of sp³-hybridized carbons (Fsp3) is 1.00. The van der Waals surface area contributed by atoms with Crippen LogP contribution in [0.5, 0.6) is 0 Å². The van der Waals surface area contributed by atoms with Crippen LogP contribution in [0.4, 0.5) is 0 Å². The van der Waals surface area contributed by atoms with Gasteiger partial charge in [0.1, 0.15) is 0 Å². The Morgan fingerprint density at radius 1 is 1.23 bits per heavy atom. The minimum absolute atomic E-state index is 0.0768. The number of aliphatic hydroxyl groups is 1. The van der Waals surface area contributed by atoms with Crippen molar-refractivity contribution in [2.75, 3.05) is 13.1 Å². The molecule has 1 unspecified atom stereocenters. The van der Waals surface area contributed by atoms with Crippen LogP contribution in [0, 0.1) is 5.41 Å². The van der Waals surface area contributed by atoms with E-state index in [0.29, 0.717) is 0 Å². The largest absolute Gasteiger partial charge is 0.388 e. The van der Waals surface area contributed by atoms with E-state index in [1.54, 1.807) is 0 Å². The van der Waals surface area contributed by atoms with Gasteiger partial charge in [-0.1, -0.05) is 33.6 Å². The van der Waals surface area contributed by atoms with E-state index < -0.39 is 5.60 Å². The highest BCUT2D eigenvalue weighted by molar-refractivity contribution is 4.97. The quantitative estimate of drug-likeness (QED) is 0.704. The Morgan fingerprint density at radius 2 is 1.85 bits per heavy atom. The van der Waals surface area contributed by atoms with Crippen molar-refractivity contribution in [1.29, 1.82) is 0 Å². The number of rotatable bonds is 3. The van der Waals surface area contributed by atoms with E-state index in [1.165, 1.54) is 12.8 Å². The minimum atomic E-state index is -0.485. The summed E-state index contributed by atoms with van der Waals surface area (Å²) < 4.78 is 0. The van der Waals surface area contributed by atoms with Crippen molar-refractivity contribution in [3.05, 3.63) is 0 Å². The molecule has 13 heavy (non-hydrogen) atoms. The molecule has 0 aromatic rings. The molecule has 1 fully saturated rings. The van der Waals surface area contributed by atoms with Crippen molar-refractivity contribution in [2.24, 2.45) is 5.41 Å². The third-order valence-corrected chi connectivity index (χ3v) is 3.57. The Balaban J connectivity index is 2.60. The van der Waals surface area contributed by atoms with Crippen LogP contribution in [0.1, 0.15) is 46.5 Å². The number of nitrogens with one attached hydrogen (secondary N) is 1. The summed E-state index contributed by atoms with van der Waals surface area (Å²) in [6.45, 7) is 8.14. The average molecular weight is 185 g/mol. The second-order valence-corrected chi connectivity index (χ2v) is 4.90. The molecule has 2 N–H and O–H groups in total. The first-order valence-corrected chi connectivity index (χ1v) is 5.45. The number of likely N-dealkylation sites (N-methyl/N-ethyl adjacent to an activating group) is 1. The van der Waals surface area contributed by atoms with Crippen LogP contribution in [-0.4, -0.2) is 23.8 Å². The molecule has 0 amide bonds. The van der Waals surface area contributed by atoms with E-state index in [1.807, 2.05) is 0 Å². The van der Waals surface area contributed by atoms with Gasteiger partial charge in [0.05, 0.1) is 5.60 Å². The van der Waals surface area contributed by atoms with Crippen LogP contribution in [0.15, 0.2) is 0 Å². The Labute approximate surface area is 81.7 Å². The smallest absolute Gasteiger partial charge is 0.0822 e. The molecule has 0 aromatic heterocycles. The lowest BCUT2D eigenvalue weighted by Crippen LogP contribution is -2.53. The van der Waals surface area contributed by atoms with Crippen molar-refractivity contribution in [2.45, 2.75) is 52.1 Å². The van der Waals surface area contributed by atoms with E-state index in [9.17, 15) is 5.11 Å². The lowest BCUT2D eigenvalue weighted by atomic mass is 9.65. The van der Waals surface area contributed by atoms with Crippen LogP contribution < -0.4 is 5.32 Å². The summed E-state index contributed by atoms with van der Waals surface area (Å²) in [5.74, 6) is 0. The van der Waals surface area contributed by atoms with E-state index in [0.717, 1.165) is 25.9 Å². The standard InChI is InChI=1S/C11H23NO/c1-4-12-9-11(13)8-6-5-7-10(11,2)3/h12-13H,4-9H2,1-3H3. The monoisotopic (exact) mass is 185 g/mol. The SMILES string of the molecule is CCNCC1(O)CCCCC1(C)C. The first kappa shape index (κ1) is 11.0. The summed E-state index contributed by atoms with van der Waals surface area (Å²) in [7, 11) is 0. The Hall–Kier alpha value is -0.0800. The maximum Gasteiger partial charge on any atom is 0.0822 e. The maximum absolute atomic E-state index is 10.5. The van der Waals surface area contributed by atoms with Crippen molar-refractivity contribution >= 4 is 0 Å². The summed E-state index contributed by atoms with van der Waals surface area (Å²) in [6.07, 6.45) is 4.54. The second-order valence-electron chi connectivity index (χ2n) is 4.90. The molecule has 2 heteroatoms. The minimum Gasteiger partial charge on any atom is -0.388 e. The Morgan fingerprint density at radius 3 is 2.38 bits per heavy atom. The molecule has 1 rings (SSSR count). The summed E-state index contributed by atoms with van der Waals surface area (Å²) in [6, 6.07) is 0. The van der Waals surface area contributed by atoms with Gasteiger partial charge in [-0.3, -0.25) is 0 Å². The Bertz CT molecular complexity index is 167. The topological polar surface area (TPSA) is 32.3 Å². The molecule has 0 bridgehead atoms. The van der Waals surface area contributed by atoms with Gasteiger partial charge in [-0.2, -0.15) is 0 Å². The van der Waals surface area contributed by atoms with Crippen LogP contribution in [0.3, 0.4) is 0 Å². The molecule has 0 aromatic carbocycles. The van der Waals surface area contributed by atoms with Crippen molar-refractivity contribution < 1.29 is 5.11 Å². The summed E-state index contributed by atoms with van der Waals surface area (Å²) in [4.78, 5) is 0. The first-order valence-electron chi connectivity index (χ1n) is 5.45. The molecule has 1 saturated carbocycles. The molecule has 0 heterocycles. The van der Waals surface area contributed by atoms with E-state index >= 15 is 0 Å². The van der Waals surface area contributed by atoms with Crippen LogP contribution >= 0.6 is 0 Å². The third-order valence-electron chi connectivity index (χ3n) is 3.57. The molecule has 0 radical (unpaired) electrons. The predicted octanol–water partition coefficient (Wildman–Crippen LogP) is 1.93. The zero-order valence-corrected chi connectivity index (χ0v) is 9.19. The van der Waals surface area contributed by atoms with Crippen LogP contribution in [-0.2, 0) is 0 Å². The average Bonchev–Trinajstić information content (AvgIpc) is 2.07. The molecule has 0 spiro atoms. The maximum atomic E-state index is 10.5. The van der Waals surface area contributed by atoms with Gasteiger partial charge in [0.25, 0.3) is 0 Å². The van der Waals surface area contributed by atoms with Gasteiger partial charge in [0, 0.05) is 6.54 Å². The van der Waals surface area contributed by atoms with E-state index in [-0.39, 0.29) is 5.41 Å². The molecular formula is C11H23NO. The second kappa shape index (κ2) is 3.97. The highest BCUT2D eigenvalue weighted by Gasteiger charge is 2.44. The number of hydrogen-bond donors (Lipinski definition) is 2. The highest BCUT2D eigenvalue weighted by Crippen LogP contribution is 2.43. The fourth-order valence-corrected chi connectivity index (χ4v) is 2.21. The summed E-state index contributed by atoms with van der Waals surface area (Å²) in [5.41, 5.74) is -0.408. The Kier molecular flexibility index (Phi) is 3.36. The van der Waals surface area contributed by atoms with Gasteiger partial charge in [-0.15, -0.1) is 0 Å². The molecule has 0 saturated heterocycles. The molecule has 78 valence electrons. The lowest BCUT2D eigenvalue weighted by molar-refractivity contribution is -0.0938. The van der Waals surface area contributed by atoms with Gasteiger partial charge in [0.15, 0.2) is 0 Å². The normalized spacial score (nSPS) is 33.2. The van der Waals surface area contributed by atoms with E-state index in [4.69, 9.17) is 0 Å². The fourth-order valence-electron chi connectivity index (χ4n) is 2.21. The van der Waals surface area contributed by atoms with Gasteiger partial charge >= 0.3 is 0 Å². The van der Waals surface area contributed by atoms with Crippen LogP contribution in [0.25, 0.3) is 0 Å². The summed E-state index contributed by atoms with van der Waals surface area (Å²) in [5, 5.41) is 13.7. The van der Waals surface area contributed by atoms with Gasteiger partial charge in [0.2, 0.25) is 0 Å². The van der Waals surface area contributed by atoms with Gasteiger partial charge < -0.3 is 10.4 Å². The van der Waals surface area contributed by atoms with Crippen molar-refractivity contribution in [1.82, 2.24) is 5.32 Å². The molecule has 2 nitrogen and oxygen atoms in total. The zero-order chi connectivity index (χ0) is 9.95. The predicted molar refractivity (Wildman–Crippen MR) is 55.7 cm³/mol. The zero-order valence-electron chi connectivity index (χ0n) is 9.19. The molecule has 1 atom stereocenters.